The van der Waals surface area contributed by atoms with E-state index in [-0.39, 0.29) is 11.7 Å². The molecule has 0 radical (unpaired) electrons. The normalized spacial score (nSPS) is 15.4. The van der Waals surface area contributed by atoms with Crippen LogP contribution in [0.3, 0.4) is 0 Å². The smallest absolute Gasteiger partial charge is 0.123 e. The summed E-state index contributed by atoms with van der Waals surface area (Å²) >= 11 is 0. The lowest BCUT2D eigenvalue weighted by atomic mass is 9.86. The van der Waals surface area contributed by atoms with Crippen molar-refractivity contribution in [2.75, 3.05) is 0 Å². The number of rotatable bonds is 3. The second kappa shape index (κ2) is 4.75. The second-order valence-corrected chi connectivity index (χ2v) is 4.55. The monoisotopic (exact) mass is 210 g/mol. The highest BCUT2D eigenvalue weighted by Crippen LogP contribution is 2.29. The first-order chi connectivity index (χ1) is 6.93. The summed E-state index contributed by atoms with van der Waals surface area (Å²) in [7, 11) is 0. The van der Waals surface area contributed by atoms with Gasteiger partial charge in [0.2, 0.25) is 0 Å². The molecule has 0 saturated heterocycles. The molecule has 0 aromatic heterocycles. The molecular weight excluding hydrogens is 191 g/mol. The van der Waals surface area contributed by atoms with Gasteiger partial charge in [0.1, 0.15) is 5.82 Å². The molecule has 2 heteroatoms. The maximum absolute atomic E-state index is 12.9. The molecule has 0 heterocycles. The lowest BCUT2D eigenvalue weighted by molar-refractivity contribution is 0.0915. The van der Waals surface area contributed by atoms with Crippen molar-refractivity contribution in [3.63, 3.8) is 0 Å². The van der Waals surface area contributed by atoms with Gasteiger partial charge in [0.15, 0.2) is 0 Å². The van der Waals surface area contributed by atoms with E-state index in [2.05, 4.69) is 13.8 Å². The Morgan fingerprint density at radius 3 is 2.27 bits per heavy atom. The minimum atomic E-state index is -0.509. The van der Waals surface area contributed by atoms with Crippen molar-refractivity contribution >= 4 is 0 Å². The van der Waals surface area contributed by atoms with Crippen LogP contribution in [0.4, 0.5) is 4.39 Å². The van der Waals surface area contributed by atoms with E-state index in [4.69, 9.17) is 0 Å². The van der Waals surface area contributed by atoms with Gasteiger partial charge in [-0.3, -0.25) is 0 Å². The maximum Gasteiger partial charge on any atom is 0.123 e. The summed E-state index contributed by atoms with van der Waals surface area (Å²) in [6.07, 6.45) is -0.509. The zero-order valence-electron chi connectivity index (χ0n) is 9.79. The Bertz CT molecular complexity index is 333. The van der Waals surface area contributed by atoms with Crippen LogP contribution in [0.5, 0.6) is 0 Å². The highest BCUT2D eigenvalue weighted by atomic mass is 19.1. The van der Waals surface area contributed by atoms with E-state index in [9.17, 15) is 9.50 Å². The van der Waals surface area contributed by atoms with Crippen molar-refractivity contribution < 1.29 is 9.50 Å². The fourth-order valence-electron chi connectivity index (χ4n) is 1.62. The van der Waals surface area contributed by atoms with E-state index in [1.165, 1.54) is 12.1 Å². The number of benzene rings is 1. The third-order valence-corrected chi connectivity index (χ3v) is 3.10. The van der Waals surface area contributed by atoms with Crippen LogP contribution in [0.2, 0.25) is 0 Å². The first-order valence-electron chi connectivity index (χ1n) is 5.37. The lowest BCUT2D eigenvalue weighted by Crippen LogP contribution is -2.15. The van der Waals surface area contributed by atoms with Crippen LogP contribution in [-0.4, -0.2) is 5.11 Å². The molecule has 0 spiro atoms. The van der Waals surface area contributed by atoms with Gasteiger partial charge in [0.05, 0.1) is 6.10 Å². The van der Waals surface area contributed by atoms with Gasteiger partial charge >= 0.3 is 0 Å². The van der Waals surface area contributed by atoms with Crippen molar-refractivity contribution in [1.82, 2.24) is 0 Å². The fraction of sp³-hybridized carbons (Fsp3) is 0.538. The third-order valence-electron chi connectivity index (χ3n) is 3.10. The van der Waals surface area contributed by atoms with Gasteiger partial charge in [-0.2, -0.15) is 0 Å². The highest BCUT2D eigenvalue weighted by Gasteiger charge is 2.20. The van der Waals surface area contributed by atoms with Crippen molar-refractivity contribution in [1.29, 1.82) is 0 Å². The van der Waals surface area contributed by atoms with E-state index < -0.39 is 6.10 Å². The molecule has 0 aliphatic rings. The predicted molar refractivity (Wildman–Crippen MR) is 60.1 cm³/mol. The minimum Gasteiger partial charge on any atom is -0.388 e. The molecule has 0 aliphatic heterocycles. The Labute approximate surface area is 90.9 Å². The van der Waals surface area contributed by atoms with Crippen molar-refractivity contribution in [2.24, 2.45) is 11.8 Å². The summed E-state index contributed by atoms with van der Waals surface area (Å²) in [5.41, 5.74) is 1.65. The quantitative estimate of drug-likeness (QED) is 0.810. The number of halogens is 1. The SMILES string of the molecule is Cc1cc(F)ccc1C(O)C(C)C(C)C. The van der Waals surface area contributed by atoms with Crippen LogP contribution in [0.25, 0.3) is 0 Å². The van der Waals surface area contributed by atoms with E-state index in [0.29, 0.717) is 5.92 Å². The molecule has 0 amide bonds. The molecule has 15 heavy (non-hydrogen) atoms. The number of hydrogen-bond donors (Lipinski definition) is 1. The molecular formula is C13H19FO. The third kappa shape index (κ3) is 2.78. The van der Waals surface area contributed by atoms with E-state index in [1.54, 1.807) is 6.07 Å². The summed E-state index contributed by atoms with van der Waals surface area (Å²) < 4.78 is 12.9. The van der Waals surface area contributed by atoms with Gasteiger partial charge in [0, 0.05) is 0 Å². The molecule has 2 unspecified atom stereocenters. The molecule has 1 N–H and O–H groups in total. The molecule has 1 rings (SSSR count). The van der Waals surface area contributed by atoms with Crippen LogP contribution in [0.15, 0.2) is 18.2 Å². The zero-order chi connectivity index (χ0) is 11.6. The number of aliphatic hydroxyl groups excluding tert-OH is 1. The molecule has 84 valence electrons. The van der Waals surface area contributed by atoms with E-state index in [0.717, 1.165) is 11.1 Å². The topological polar surface area (TPSA) is 20.2 Å². The molecule has 0 fully saturated rings. The van der Waals surface area contributed by atoms with E-state index >= 15 is 0 Å². The second-order valence-electron chi connectivity index (χ2n) is 4.55. The Morgan fingerprint density at radius 2 is 1.80 bits per heavy atom. The van der Waals surface area contributed by atoms with Crippen LogP contribution in [-0.2, 0) is 0 Å². The summed E-state index contributed by atoms with van der Waals surface area (Å²) in [4.78, 5) is 0. The molecule has 1 nitrogen and oxygen atoms in total. The van der Waals surface area contributed by atoms with Crippen LogP contribution in [0.1, 0.15) is 38.0 Å². The fourth-order valence-corrected chi connectivity index (χ4v) is 1.62. The molecule has 1 aromatic rings. The summed E-state index contributed by atoms with van der Waals surface area (Å²) in [5, 5.41) is 10.1. The van der Waals surface area contributed by atoms with Gasteiger partial charge in [-0.1, -0.05) is 26.8 Å². The van der Waals surface area contributed by atoms with E-state index in [1.807, 2.05) is 13.8 Å². The maximum atomic E-state index is 12.9. The molecule has 0 saturated carbocycles. The summed E-state index contributed by atoms with van der Waals surface area (Å²) in [6.45, 7) is 7.99. The largest absolute Gasteiger partial charge is 0.388 e. The number of aryl methyl sites for hydroxylation is 1. The molecule has 1 aromatic carbocycles. The molecule has 2 atom stereocenters. The van der Waals surface area contributed by atoms with Crippen LogP contribution < -0.4 is 0 Å². The van der Waals surface area contributed by atoms with Crippen molar-refractivity contribution in [2.45, 2.75) is 33.8 Å². The Balaban J connectivity index is 2.96. The summed E-state index contributed by atoms with van der Waals surface area (Å²) in [6, 6.07) is 4.54. The average Bonchev–Trinajstić information content (AvgIpc) is 2.15. The number of aliphatic hydroxyl groups is 1. The Hall–Kier alpha value is -0.890. The first kappa shape index (κ1) is 12.2. The standard InChI is InChI=1S/C13H19FO/c1-8(2)10(4)13(15)12-6-5-11(14)7-9(12)3/h5-8,10,13,15H,1-4H3. The van der Waals surface area contributed by atoms with Crippen molar-refractivity contribution in [3.05, 3.63) is 35.1 Å². The van der Waals surface area contributed by atoms with Gasteiger partial charge in [0.25, 0.3) is 0 Å². The number of hydrogen-bond acceptors (Lipinski definition) is 1. The van der Waals surface area contributed by atoms with Crippen LogP contribution >= 0.6 is 0 Å². The summed E-state index contributed by atoms with van der Waals surface area (Å²) in [5.74, 6) is 0.333. The van der Waals surface area contributed by atoms with Crippen LogP contribution in [0, 0.1) is 24.6 Å². The predicted octanol–water partition coefficient (Wildman–Crippen LogP) is 3.46. The van der Waals surface area contributed by atoms with Gasteiger partial charge in [-0.15, -0.1) is 0 Å². The van der Waals surface area contributed by atoms with Gasteiger partial charge in [-0.25, -0.2) is 4.39 Å². The molecule has 0 aliphatic carbocycles. The highest BCUT2D eigenvalue weighted by molar-refractivity contribution is 5.28. The van der Waals surface area contributed by atoms with Gasteiger partial charge < -0.3 is 5.11 Å². The zero-order valence-corrected chi connectivity index (χ0v) is 9.79. The van der Waals surface area contributed by atoms with Crippen molar-refractivity contribution in [3.8, 4) is 0 Å². The first-order valence-corrected chi connectivity index (χ1v) is 5.37. The van der Waals surface area contributed by atoms with Gasteiger partial charge in [-0.05, 0) is 42.0 Å². The Kier molecular flexibility index (Phi) is 3.86. The molecule has 0 bridgehead atoms. The average molecular weight is 210 g/mol. The lowest BCUT2D eigenvalue weighted by Gasteiger charge is -2.23. The minimum absolute atomic E-state index is 0.175. The Morgan fingerprint density at radius 1 is 1.20 bits per heavy atom.